The number of H-pyrrole nitrogens is 1. The molecule has 0 amide bonds. The highest BCUT2D eigenvalue weighted by Gasteiger charge is 2.11. The number of nitrogens with zero attached hydrogens (tertiary/aromatic N) is 2. The molecule has 5 nitrogen and oxygen atoms in total. The first-order valence-electron chi connectivity index (χ1n) is 6.08. The third-order valence-electron chi connectivity index (χ3n) is 3.13. The van der Waals surface area contributed by atoms with Crippen LogP contribution in [0.5, 0.6) is 0 Å². The van der Waals surface area contributed by atoms with Gasteiger partial charge in [0.2, 0.25) is 5.95 Å². The minimum Gasteiger partial charge on any atom is -0.399 e. The topological polar surface area (TPSA) is 70.0 Å². The first-order chi connectivity index (χ1) is 8.31. The number of rotatable bonds is 2. The van der Waals surface area contributed by atoms with Gasteiger partial charge in [0.25, 0.3) is 0 Å². The van der Waals surface area contributed by atoms with Crippen molar-refractivity contribution in [3.05, 3.63) is 18.2 Å². The Morgan fingerprint density at radius 1 is 1.24 bits per heavy atom. The fourth-order valence-electron chi connectivity index (χ4n) is 2.24. The van der Waals surface area contributed by atoms with E-state index in [0.29, 0.717) is 0 Å². The summed E-state index contributed by atoms with van der Waals surface area (Å²) < 4.78 is 0. The van der Waals surface area contributed by atoms with Crippen molar-refractivity contribution in [1.82, 2.24) is 15.0 Å². The van der Waals surface area contributed by atoms with Crippen LogP contribution >= 0.6 is 0 Å². The molecule has 1 saturated heterocycles. The molecule has 0 spiro atoms. The summed E-state index contributed by atoms with van der Waals surface area (Å²) in [5.74, 6) is 0.799. The van der Waals surface area contributed by atoms with Gasteiger partial charge in [-0.05, 0) is 31.0 Å². The van der Waals surface area contributed by atoms with Crippen molar-refractivity contribution in [2.75, 3.05) is 24.2 Å². The van der Waals surface area contributed by atoms with Gasteiger partial charge < -0.3 is 10.7 Å². The molecule has 1 aliphatic heterocycles. The number of nitrogen functional groups attached to an aromatic ring is 1. The van der Waals surface area contributed by atoms with Crippen LogP contribution in [0.15, 0.2) is 18.2 Å². The van der Waals surface area contributed by atoms with Gasteiger partial charge in [0.05, 0.1) is 11.0 Å². The van der Waals surface area contributed by atoms with E-state index in [0.717, 1.165) is 35.8 Å². The molecule has 90 valence electrons. The Hall–Kier alpha value is -1.75. The van der Waals surface area contributed by atoms with E-state index in [4.69, 9.17) is 5.73 Å². The zero-order valence-electron chi connectivity index (χ0n) is 9.74. The molecular weight excluding hydrogens is 214 g/mol. The van der Waals surface area contributed by atoms with Crippen LogP contribution in [0, 0.1) is 0 Å². The maximum atomic E-state index is 5.74. The third-order valence-corrected chi connectivity index (χ3v) is 3.13. The Balaban J connectivity index is 1.80. The van der Waals surface area contributed by atoms with E-state index in [-0.39, 0.29) is 0 Å². The standard InChI is InChI=1S/C12H17N5/c13-9-4-5-10-11(8-9)15-12(14-10)16-17-6-2-1-3-7-17/h4-5,8H,1-3,6-7,13H2,(H2,14,15,16). The second-order valence-electron chi connectivity index (χ2n) is 4.52. The van der Waals surface area contributed by atoms with Gasteiger partial charge in [-0.1, -0.05) is 6.42 Å². The summed E-state index contributed by atoms with van der Waals surface area (Å²) in [5, 5.41) is 2.21. The average Bonchev–Trinajstić information content (AvgIpc) is 2.71. The number of imidazole rings is 1. The van der Waals surface area contributed by atoms with E-state index >= 15 is 0 Å². The summed E-state index contributed by atoms with van der Waals surface area (Å²) in [4.78, 5) is 7.72. The Morgan fingerprint density at radius 3 is 2.88 bits per heavy atom. The monoisotopic (exact) mass is 231 g/mol. The fourth-order valence-corrected chi connectivity index (χ4v) is 2.24. The molecule has 2 aromatic rings. The summed E-state index contributed by atoms with van der Waals surface area (Å²) in [5.41, 5.74) is 11.7. The normalized spacial score (nSPS) is 17.4. The maximum Gasteiger partial charge on any atom is 0.216 e. The summed E-state index contributed by atoms with van der Waals surface area (Å²) in [6.45, 7) is 2.17. The highest BCUT2D eigenvalue weighted by Crippen LogP contribution is 2.18. The van der Waals surface area contributed by atoms with Crippen molar-refractivity contribution in [2.24, 2.45) is 0 Å². The summed E-state index contributed by atoms with van der Waals surface area (Å²) >= 11 is 0. The molecule has 0 unspecified atom stereocenters. The second-order valence-corrected chi connectivity index (χ2v) is 4.52. The molecule has 2 heterocycles. The Bertz CT molecular complexity index is 513. The third kappa shape index (κ3) is 2.19. The number of hydrogen-bond acceptors (Lipinski definition) is 4. The molecule has 17 heavy (non-hydrogen) atoms. The van der Waals surface area contributed by atoms with Crippen molar-refractivity contribution in [3.63, 3.8) is 0 Å². The molecule has 0 saturated carbocycles. The van der Waals surface area contributed by atoms with E-state index in [9.17, 15) is 0 Å². The molecule has 4 N–H and O–H groups in total. The highest BCUT2D eigenvalue weighted by atomic mass is 15.5. The van der Waals surface area contributed by atoms with Gasteiger partial charge in [-0.2, -0.15) is 0 Å². The molecule has 1 fully saturated rings. The first-order valence-corrected chi connectivity index (χ1v) is 6.08. The predicted octanol–water partition coefficient (Wildman–Crippen LogP) is 1.96. The van der Waals surface area contributed by atoms with Crippen LogP contribution in [0.3, 0.4) is 0 Å². The van der Waals surface area contributed by atoms with Crippen molar-refractivity contribution in [3.8, 4) is 0 Å². The van der Waals surface area contributed by atoms with Crippen molar-refractivity contribution >= 4 is 22.7 Å². The van der Waals surface area contributed by atoms with Gasteiger partial charge >= 0.3 is 0 Å². The van der Waals surface area contributed by atoms with Gasteiger partial charge in [-0.3, -0.25) is 5.43 Å². The van der Waals surface area contributed by atoms with Gasteiger partial charge in [0, 0.05) is 18.8 Å². The minimum atomic E-state index is 0.755. The fraction of sp³-hybridized carbons (Fsp3) is 0.417. The number of anilines is 2. The Morgan fingerprint density at radius 2 is 2.06 bits per heavy atom. The predicted molar refractivity (Wildman–Crippen MR) is 69.6 cm³/mol. The first kappa shape index (κ1) is 10.4. The van der Waals surface area contributed by atoms with E-state index < -0.39 is 0 Å². The lowest BCUT2D eigenvalue weighted by atomic mass is 10.2. The van der Waals surface area contributed by atoms with Crippen LogP contribution in [0.1, 0.15) is 19.3 Å². The Labute approximate surface area is 100.0 Å². The van der Waals surface area contributed by atoms with Crippen molar-refractivity contribution < 1.29 is 0 Å². The largest absolute Gasteiger partial charge is 0.399 e. The number of aromatic nitrogens is 2. The average molecular weight is 231 g/mol. The molecular formula is C12H17N5. The molecule has 5 heteroatoms. The highest BCUT2D eigenvalue weighted by molar-refractivity contribution is 5.80. The number of aromatic amines is 1. The molecule has 1 aromatic carbocycles. The molecule has 0 radical (unpaired) electrons. The zero-order valence-corrected chi connectivity index (χ0v) is 9.74. The zero-order chi connectivity index (χ0) is 11.7. The summed E-state index contributed by atoms with van der Waals surface area (Å²) in [6.07, 6.45) is 3.83. The number of nitrogens with one attached hydrogen (secondary N) is 2. The number of hydrogen-bond donors (Lipinski definition) is 3. The molecule has 0 aliphatic carbocycles. The lowest BCUT2D eigenvalue weighted by Gasteiger charge is -2.26. The van der Waals surface area contributed by atoms with E-state index in [1.165, 1.54) is 19.3 Å². The number of benzene rings is 1. The minimum absolute atomic E-state index is 0.755. The number of fused-ring (bicyclic) bond motifs is 1. The van der Waals surface area contributed by atoms with E-state index in [2.05, 4.69) is 20.4 Å². The maximum absolute atomic E-state index is 5.74. The molecule has 1 aromatic heterocycles. The number of hydrazine groups is 1. The van der Waals surface area contributed by atoms with Crippen LogP contribution in [0.2, 0.25) is 0 Å². The summed E-state index contributed by atoms with van der Waals surface area (Å²) in [6, 6.07) is 5.71. The number of nitrogens with two attached hydrogens (primary N) is 1. The Kier molecular flexibility index (Phi) is 2.60. The SMILES string of the molecule is Nc1ccc2nc(NN3CCCCC3)[nH]c2c1. The number of piperidine rings is 1. The lowest BCUT2D eigenvalue weighted by Crippen LogP contribution is -2.35. The van der Waals surface area contributed by atoms with Crippen LogP contribution in [-0.4, -0.2) is 28.1 Å². The van der Waals surface area contributed by atoms with Gasteiger partial charge in [0.15, 0.2) is 0 Å². The van der Waals surface area contributed by atoms with Crippen molar-refractivity contribution in [1.29, 1.82) is 0 Å². The van der Waals surface area contributed by atoms with Crippen LogP contribution < -0.4 is 11.2 Å². The van der Waals surface area contributed by atoms with Gasteiger partial charge in [-0.25, -0.2) is 9.99 Å². The van der Waals surface area contributed by atoms with Crippen LogP contribution in [0.25, 0.3) is 11.0 Å². The molecule has 1 aliphatic rings. The smallest absolute Gasteiger partial charge is 0.216 e. The summed E-state index contributed by atoms with van der Waals surface area (Å²) in [7, 11) is 0. The quantitative estimate of drug-likeness (QED) is 0.691. The van der Waals surface area contributed by atoms with Crippen molar-refractivity contribution in [2.45, 2.75) is 19.3 Å². The van der Waals surface area contributed by atoms with Gasteiger partial charge in [-0.15, -0.1) is 0 Å². The molecule has 0 bridgehead atoms. The molecule has 0 atom stereocenters. The van der Waals surface area contributed by atoms with E-state index in [1.807, 2.05) is 18.2 Å². The lowest BCUT2D eigenvalue weighted by molar-refractivity contribution is 0.271. The van der Waals surface area contributed by atoms with Crippen LogP contribution in [0.4, 0.5) is 11.6 Å². The van der Waals surface area contributed by atoms with Crippen LogP contribution in [-0.2, 0) is 0 Å². The van der Waals surface area contributed by atoms with E-state index in [1.54, 1.807) is 0 Å². The van der Waals surface area contributed by atoms with Gasteiger partial charge in [0.1, 0.15) is 0 Å². The molecule has 3 rings (SSSR count). The second kappa shape index (κ2) is 4.25.